The first-order chi connectivity index (χ1) is 10.7. The third-order valence-electron chi connectivity index (χ3n) is 3.56. The number of nitrogens with zero attached hydrogens (tertiary/aromatic N) is 1. The number of rotatable bonds is 5. The average Bonchev–Trinajstić information content (AvgIpc) is 3.05. The largest absolute Gasteiger partial charge is 0.353 e. The Morgan fingerprint density at radius 3 is 2.73 bits per heavy atom. The van der Waals surface area contributed by atoms with Crippen molar-refractivity contribution in [1.29, 1.82) is 0 Å². The van der Waals surface area contributed by atoms with Gasteiger partial charge in [-0.05, 0) is 37.5 Å². The number of guanidine groups is 1. The number of hydrogen-bond donors (Lipinski definition) is 3. The molecule has 0 saturated heterocycles. The van der Waals surface area contributed by atoms with E-state index in [1.807, 2.05) is 31.2 Å². The molecule has 22 heavy (non-hydrogen) atoms. The zero-order chi connectivity index (χ0) is 15.8. The lowest BCUT2D eigenvalue weighted by Gasteiger charge is -2.17. The molecular weight excluding hydrogens is 276 g/mol. The number of carbonyl (C=O) groups excluding carboxylic acids is 1. The summed E-state index contributed by atoms with van der Waals surface area (Å²) in [5.41, 5.74) is 1.74. The lowest BCUT2D eigenvalue weighted by Crippen LogP contribution is -2.42. The molecule has 3 N–H and O–H groups in total. The van der Waals surface area contributed by atoms with Crippen LogP contribution in [0.1, 0.15) is 35.7 Å². The summed E-state index contributed by atoms with van der Waals surface area (Å²) in [5, 5.41) is 9.49. The van der Waals surface area contributed by atoms with Crippen LogP contribution >= 0.6 is 0 Å². The number of aliphatic imine (C=N–C) groups is 1. The molecule has 0 fully saturated rings. The number of carbonyl (C=O) groups is 1. The maximum atomic E-state index is 11.8. The second-order valence-electron chi connectivity index (χ2n) is 5.27. The fourth-order valence-corrected chi connectivity index (χ4v) is 2.39. The molecule has 0 aliphatic heterocycles. The highest BCUT2D eigenvalue weighted by molar-refractivity contribution is 5.94. The lowest BCUT2D eigenvalue weighted by molar-refractivity contribution is 0.0955. The quantitative estimate of drug-likeness (QED) is 0.441. The summed E-state index contributed by atoms with van der Waals surface area (Å²) >= 11 is 0. The van der Waals surface area contributed by atoms with Crippen LogP contribution in [0.5, 0.6) is 0 Å². The molecule has 1 aliphatic rings. The maximum absolute atomic E-state index is 11.8. The summed E-state index contributed by atoms with van der Waals surface area (Å²) in [5.74, 6) is 0.751. The minimum absolute atomic E-state index is 0.0381. The van der Waals surface area contributed by atoms with Crippen LogP contribution in [0, 0.1) is 0 Å². The highest BCUT2D eigenvalue weighted by Crippen LogP contribution is 2.09. The Labute approximate surface area is 131 Å². The van der Waals surface area contributed by atoms with Crippen molar-refractivity contribution in [2.45, 2.75) is 32.4 Å². The van der Waals surface area contributed by atoms with Crippen LogP contribution in [0.25, 0.3) is 0 Å². The first-order valence-electron chi connectivity index (χ1n) is 7.72. The van der Waals surface area contributed by atoms with Crippen molar-refractivity contribution in [3.63, 3.8) is 0 Å². The predicted molar refractivity (Wildman–Crippen MR) is 89.9 cm³/mol. The molecule has 0 radical (unpaired) electrons. The van der Waals surface area contributed by atoms with Gasteiger partial charge in [0, 0.05) is 31.7 Å². The Morgan fingerprint density at radius 2 is 2.05 bits per heavy atom. The van der Waals surface area contributed by atoms with Gasteiger partial charge in [-0.15, -0.1) is 0 Å². The number of hydrogen-bond acceptors (Lipinski definition) is 2. The van der Waals surface area contributed by atoms with Crippen molar-refractivity contribution in [2.75, 3.05) is 13.6 Å². The molecule has 0 atom stereocenters. The van der Waals surface area contributed by atoms with Crippen molar-refractivity contribution in [3.8, 4) is 0 Å². The maximum Gasteiger partial charge on any atom is 0.251 e. The molecule has 1 aromatic carbocycles. The van der Waals surface area contributed by atoms with E-state index in [2.05, 4.69) is 33.1 Å². The van der Waals surface area contributed by atoms with Gasteiger partial charge >= 0.3 is 0 Å². The van der Waals surface area contributed by atoms with Gasteiger partial charge in [-0.25, -0.2) is 0 Å². The van der Waals surface area contributed by atoms with Crippen LogP contribution in [-0.4, -0.2) is 31.5 Å². The molecular formula is C17H24N4O. The van der Waals surface area contributed by atoms with Gasteiger partial charge in [-0.2, -0.15) is 0 Å². The van der Waals surface area contributed by atoms with Crippen molar-refractivity contribution in [1.82, 2.24) is 16.0 Å². The summed E-state index contributed by atoms with van der Waals surface area (Å²) in [7, 11) is 1.77. The van der Waals surface area contributed by atoms with Crippen LogP contribution in [0.15, 0.2) is 41.4 Å². The first kappa shape index (κ1) is 16.1. The zero-order valence-corrected chi connectivity index (χ0v) is 13.2. The molecule has 5 nitrogen and oxygen atoms in total. The van der Waals surface area contributed by atoms with E-state index in [0.717, 1.165) is 24.4 Å². The molecule has 0 unspecified atom stereocenters. The lowest BCUT2D eigenvalue weighted by atomic mass is 10.1. The van der Waals surface area contributed by atoms with Gasteiger partial charge in [-0.3, -0.25) is 9.79 Å². The number of benzene rings is 1. The third kappa shape index (κ3) is 4.62. The van der Waals surface area contributed by atoms with E-state index < -0.39 is 0 Å². The van der Waals surface area contributed by atoms with Gasteiger partial charge in [0.1, 0.15) is 0 Å². The Morgan fingerprint density at radius 1 is 1.27 bits per heavy atom. The Hall–Kier alpha value is -2.30. The van der Waals surface area contributed by atoms with E-state index in [1.165, 1.54) is 0 Å². The smallest absolute Gasteiger partial charge is 0.251 e. The summed E-state index contributed by atoms with van der Waals surface area (Å²) in [6.07, 6.45) is 6.43. The van der Waals surface area contributed by atoms with Crippen LogP contribution in [0.3, 0.4) is 0 Å². The zero-order valence-electron chi connectivity index (χ0n) is 13.2. The molecule has 1 amide bonds. The van der Waals surface area contributed by atoms with Crippen LogP contribution < -0.4 is 16.0 Å². The van der Waals surface area contributed by atoms with Gasteiger partial charge in [0.15, 0.2) is 5.96 Å². The van der Waals surface area contributed by atoms with Crippen LogP contribution in [0.4, 0.5) is 0 Å². The van der Waals surface area contributed by atoms with E-state index in [1.54, 1.807) is 7.05 Å². The summed E-state index contributed by atoms with van der Waals surface area (Å²) in [4.78, 5) is 16.1. The van der Waals surface area contributed by atoms with E-state index in [-0.39, 0.29) is 5.91 Å². The van der Waals surface area contributed by atoms with Crippen molar-refractivity contribution in [3.05, 3.63) is 47.5 Å². The predicted octanol–water partition coefficient (Wildman–Crippen LogP) is 1.82. The fraction of sp³-hybridized carbons (Fsp3) is 0.412. The van der Waals surface area contributed by atoms with E-state index in [4.69, 9.17) is 0 Å². The molecule has 0 heterocycles. The monoisotopic (exact) mass is 300 g/mol. The standard InChI is InChI=1S/C17H24N4O/c1-3-19-16(22)14-8-6-7-13(11-14)12-20-17(18-2)21-15-9-4-5-10-15/h4-8,11,15H,3,9-10,12H2,1-2H3,(H,19,22)(H2,18,20,21). The van der Waals surface area contributed by atoms with E-state index in [0.29, 0.717) is 24.7 Å². The number of nitrogens with one attached hydrogen (secondary N) is 3. The highest BCUT2D eigenvalue weighted by atomic mass is 16.1. The van der Waals surface area contributed by atoms with Crippen LogP contribution in [-0.2, 0) is 6.54 Å². The van der Waals surface area contributed by atoms with Crippen molar-refractivity contribution >= 4 is 11.9 Å². The van der Waals surface area contributed by atoms with Crippen molar-refractivity contribution in [2.24, 2.45) is 4.99 Å². The van der Waals surface area contributed by atoms with Gasteiger partial charge in [-0.1, -0.05) is 24.3 Å². The second-order valence-corrected chi connectivity index (χ2v) is 5.27. The Bertz CT molecular complexity index is 558. The minimum Gasteiger partial charge on any atom is -0.353 e. The van der Waals surface area contributed by atoms with Crippen LogP contribution in [0.2, 0.25) is 0 Å². The second kappa shape index (κ2) is 8.22. The molecule has 0 aromatic heterocycles. The molecule has 0 bridgehead atoms. The molecule has 1 aliphatic carbocycles. The molecule has 1 aromatic rings. The summed E-state index contributed by atoms with van der Waals surface area (Å²) in [6.45, 7) is 3.18. The third-order valence-corrected chi connectivity index (χ3v) is 3.56. The highest BCUT2D eigenvalue weighted by Gasteiger charge is 2.11. The van der Waals surface area contributed by atoms with Gasteiger partial charge in [0.05, 0.1) is 0 Å². The first-order valence-corrected chi connectivity index (χ1v) is 7.72. The topological polar surface area (TPSA) is 65.5 Å². The molecule has 0 spiro atoms. The van der Waals surface area contributed by atoms with Gasteiger partial charge in [0.25, 0.3) is 5.91 Å². The molecule has 118 valence electrons. The molecule has 5 heteroatoms. The Kier molecular flexibility index (Phi) is 6.01. The van der Waals surface area contributed by atoms with Gasteiger partial charge < -0.3 is 16.0 Å². The molecule has 0 saturated carbocycles. The average molecular weight is 300 g/mol. The summed E-state index contributed by atoms with van der Waals surface area (Å²) in [6, 6.07) is 8.06. The molecule has 2 rings (SSSR count). The Balaban J connectivity index is 1.89. The van der Waals surface area contributed by atoms with Gasteiger partial charge in [0.2, 0.25) is 0 Å². The van der Waals surface area contributed by atoms with E-state index in [9.17, 15) is 4.79 Å². The fourth-order valence-electron chi connectivity index (χ4n) is 2.39. The minimum atomic E-state index is -0.0381. The number of amides is 1. The normalized spacial score (nSPS) is 14.9. The van der Waals surface area contributed by atoms with Crippen molar-refractivity contribution < 1.29 is 4.79 Å². The SMILES string of the molecule is CCNC(=O)c1cccc(CNC(=NC)NC2CC=CC2)c1. The van der Waals surface area contributed by atoms with E-state index >= 15 is 0 Å². The summed E-state index contributed by atoms with van der Waals surface area (Å²) < 4.78 is 0.